The highest BCUT2D eigenvalue weighted by molar-refractivity contribution is 4.99. The van der Waals surface area contributed by atoms with Crippen LogP contribution in [0.4, 0.5) is 0 Å². The summed E-state index contributed by atoms with van der Waals surface area (Å²) in [6.45, 7) is 7.83. The van der Waals surface area contributed by atoms with Crippen molar-refractivity contribution in [2.45, 2.75) is 45.3 Å². The number of rotatable bonds is 4. The van der Waals surface area contributed by atoms with Crippen molar-refractivity contribution >= 4 is 0 Å². The second-order valence-corrected chi connectivity index (χ2v) is 6.48. The van der Waals surface area contributed by atoms with Gasteiger partial charge < -0.3 is 5.32 Å². The number of nitrogens with zero attached hydrogens (tertiary/aromatic N) is 4. The van der Waals surface area contributed by atoms with Crippen molar-refractivity contribution in [2.24, 2.45) is 18.9 Å². The lowest BCUT2D eigenvalue weighted by molar-refractivity contribution is 0.0840. The molecule has 19 heavy (non-hydrogen) atoms. The van der Waals surface area contributed by atoms with E-state index in [1.807, 2.05) is 13.2 Å². The van der Waals surface area contributed by atoms with Crippen LogP contribution in [0, 0.1) is 11.8 Å². The number of hydrogen-bond donors (Lipinski definition) is 1. The van der Waals surface area contributed by atoms with Crippen molar-refractivity contribution in [3.63, 3.8) is 0 Å². The second-order valence-electron chi connectivity index (χ2n) is 6.48. The van der Waals surface area contributed by atoms with Crippen molar-refractivity contribution in [1.82, 2.24) is 25.2 Å². The molecule has 5 nitrogen and oxygen atoms in total. The minimum atomic E-state index is 0.608. The van der Waals surface area contributed by atoms with Crippen LogP contribution in [-0.2, 0) is 13.6 Å². The molecule has 2 heterocycles. The van der Waals surface area contributed by atoms with Crippen molar-refractivity contribution in [3.8, 4) is 0 Å². The molecule has 1 aromatic heterocycles. The zero-order valence-electron chi connectivity index (χ0n) is 12.2. The summed E-state index contributed by atoms with van der Waals surface area (Å²) in [4.78, 5) is 2.61. The summed E-state index contributed by atoms with van der Waals surface area (Å²) in [6, 6.07) is 1.30. The molecule has 0 spiro atoms. The van der Waals surface area contributed by atoms with Crippen LogP contribution in [0.5, 0.6) is 0 Å². The van der Waals surface area contributed by atoms with Crippen LogP contribution in [0.25, 0.3) is 0 Å². The van der Waals surface area contributed by atoms with Crippen molar-refractivity contribution in [2.75, 3.05) is 13.1 Å². The lowest BCUT2D eigenvalue weighted by Gasteiger charge is -2.42. The minimum Gasteiger partial charge on any atom is -0.311 e. The summed E-state index contributed by atoms with van der Waals surface area (Å²) >= 11 is 0. The summed E-state index contributed by atoms with van der Waals surface area (Å²) in [7, 11) is 1.93. The van der Waals surface area contributed by atoms with Crippen LogP contribution >= 0.6 is 0 Å². The summed E-state index contributed by atoms with van der Waals surface area (Å²) < 4.78 is 1.79. The highest BCUT2D eigenvalue weighted by Crippen LogP contribution is 2.35. The quantitative estimate of drug-likeness (QED) is 0.881. The molecule has 2 fully saturated rings. The summed E-state index contributed by atoms with van der Waals surface area (Å²) in [6.07, 6.45) is 4.84. The number of nitrogens with one attached hydrogen (secondary N) is 1. The molecule has 2 unspecified atom stereocenters. The normalized spacial score (nSPS) is 29.1. The van der Waals surface area contributed by atoms with E-state index in [0.29, 0.717) is 18.0 Å². The van der Waals surface area contributed by atoms with Crippen LogP contribution in [0.3, 0.4) is 0 Å². The molecular formula is C14H25N5. The fourth-order valence-electron chi connectivity index (χ4n) is 3.18. The van der Waals surface area contributed by atoms with Gasteiger partial charge in [-0.1, -0.05) is 19.1 Å². The van der Waals surface area contributed by atoms with Gasteiger partial charge in [-0.05, 0) is 24.7 Å². The van der Waals surface area contributed by atoms with Gasteiger partial charge in [0.25, 0.3) is 0 Å². The zero-order chi connectivity index (χ0) is 13.4. The molecule has 2 aliphatic rings. The summed E-state index contributed by atoms with van der Waals surface area (Å²) in [5, 5.41) is 12.0. The maximum Gasteiger partial charge on any atom is 0.0967 e. The van der Waals surface area contributed by atoms with E-state index >= 15 is 0 Å². The van der Waals surface area contributed by atoms with Gasteiger partial charge in [0, 0.05) is 45.0 Å². The smallest absolute Gasteiger partial charge is 0.0967 e. The van der Waals surface area contributed by atoms with Crippen LogP contribution in [-0.4, -0.2) is 45.1 Å². The Hall–Kier alpha value is -0.940. The Labute approximate surface area is 115 Å². The molecule has 1 aliphatic carbocycles. The second kappa shape index (κ2) is 5.21. The van der Waals surface area contributed by atoms with Crippen molar-refractivity contribution in [1.29, 1.82) is 0 Å². The molecule has 0 aromatic carbocycles. The van der Waals surface area contributed by atoms with E-state index in [4.69, 9.17) is 0 Å². The summed E-state index contributed by atoms with van der Waals surface area (Å²) in [5.41, 5.74) is 1.09. The van der Waals surface area contributed by atoms with Crippen molar-refractivity contribution < 1.29 is 0 Å². The van der Waals surface area contributed by atoms with Crippen LogP contribution in [0.15, 0.2) is 6.20 Å². The molecule has 3 rings (SSSR count). The van der Waals surface area contributed by atoms with E-state index in [9.17, 15) is 0 Å². The Morgan fingerprint density at radius 1 is 1.42 bits per heavy atom. The number of hydrogen-bond acceptors (Lipinski definition) is 4. The zero-order valence-corrected chi connectivity index (χ0v) is 12.2. The molecule has 2 atom stereocenters. The molecule has 1 saturated carbocycles. The van der Waals surface area contributed by atoms with E-state index in [2.05, 4.69) is 34.4 Å². The first-order valence-corrected chi connectivity index (χ1v) is 7.46. The molecule has 0 radical (unpaired) electrons. The van der Waals surface area contributed by atoms with E-state index in [-0.39, 0.29) is 0 Å². The van der Waals surface area contributed by atoms with Gasteiger partial charge in [-0.15, -0.1) is 5.10 Å². The molecule has 0 bridgehead atoms. The maximum absolute atomic E-state index is 4.24. The van der Waals surface area contributed by atoms with Gasteiger partial charge in [-0.3, -0.25) is 9.58 Å². The molecule has 1 aliphatic heterocycles. The SMILES string of the molecule is CC(C)C1CNC(C2CC2)CN1Cc1cn(C)nn1. The Morgan fingerprint density at radius 2 is 2.21 bits per heavy atom. The lowest BCUT2D eigenvalue weighted by Crippen LogP contribution is -2.58. The Balaban J connectivity index is 1.69. The van der Waals surface area contributed by atoms with Gasteiger partial charge in [0.15, 0.2) is 0 Å². The third-order valence-electron chi connectivity index (χ3n) is 4.47. The molecule has 1 N–H and O–H groups in total. The van der Waals surface area contributed by atoms with E-state index in [1.54, 1.807) is 4.68 Å². The number of aryl methyl sites for hydroxylation is 1. The summed E-state index contributed by atoms with van der Waals surface area (Å²) in [5.74, 6) is 1.58. The predicted octanol–water partition coefficient (Wildman–Crippen LogP) is 1.02. The highest BCUT2D eigenvalue weighted by Gasteiger charge is 2.38. The first-order chi connectivity index (χ1) is 9.13. The molecule has 106 valence electrons. The third-order valence-corrected chi connectivity index (χ3v) is 4.47. The molecular weight excluding hydrogens is 238 g/mol. The standard InChI is InChI=1S/C14H25N5/c1-10(2)14-6-15-13(11-4-5-11)9-19(14)8-12-7-18(3)17-16-12/h7,10-11,13-15H,4-6,8-9H2,1-3H3. The van der Waals surface area contributed by atoms with Gasteiger partial charge in [0.2, 0.25) is 0 Å². The van der Waals surface area contributed by atoms with E-state index in [0.717, 1.165) is 31.2 Å². The number of aromatic nitrogens is 3. The third kappa shape index (κ3) is 2.98. The number of piperazine rings is 1. The van der Waals surface area contributed by atoms with Gasteiger partial charge in [-0.2, -0.15) is 0 Å². The molecule has 1 aromatic rings. The molecule has 5 heteroatoms. The Kier molecular flexibility index (Phi) is 3.58. The first-order valence-electron chi connectivity index (χ1n) is 7.46. The fourth-order valence-corrected chi connectivity index (χ4v) is 3.18. The average molecular weight is 263 g/mol. The minimum absolute atomic E-state index is 0.608. The lowest BCUT2D eigenvalue weighted by atomic mass is 9.97. The van der Waals surface area contributed by atoms with Gasteiger partial charge >= 0.3 is 0 Å². The van der Waals surface area contributed by atoms with E-state index in [1.165, 1.54) is 12.8 Å². The average Bonchev–Trinajstić information content (AvgIpc) is 3.14. The highest BCUT2D eigenvalue weighted by atomic mass is 15.4. The Morgan fingerprint density at radius 3 is 2.79 bits per heavy atom. The molecule has 0 amide bonds. The van der Waals surface area contributed by atoms with E-state index < -0.39 is 0 Å². The predicted molar refractivity (Wildman–Crippen MR) is 74.6 cm³/mol. The van der Waals surface area contributed by atoms with Crippen LogP contribution < -0.4 is 5.32 Å². The molecule has 1 saturated heterocycles. The van der Waals surface area contributed by atoms with Crippen LogP contribution in [0.2, 0.25) is 0 Å². The fraction of sp³-hybridized carbons (Fsp3) is 0.857. The Bertz CT molecular complexity index is 423. The monoisotopic (exact) mass is 263 g/mol. The maximum atomic E-state index is 4.24. The van der Waals surface area contributed by atoms with Gasteiger partial charge in [0.1, 0.15) is 0 Å². The largest absolute Gasteiger partial charge is 0.311 e. The topological polar surface area (TPSA) is 46.0 Å². The first kappa shape index (κ1) is 13.1. The van der Waals surface area contributed by atoms with Crippen molar-refractivity contribution in [3.05, 3.63) is 11.9 Å². The van der Waals surface area contributed by atoms with Crippen LogP contribution in [0.1, 0.15) is 32.4 Å². The van der Waals surface area contributed by atoms with Gasteiger partial charge in [-0.25, -0.2) is 0 Å². The van der Waals surface area contributed by atoms with Gasteiger partial charge in [0.05, 0.1) is 5.69 Å².